The summed E-state index contributed by atoms with van der Waals surface area (Å²) in [5, 5.41) is 0.358. The first kappa shape index (κ1) is 21.8. The van der Waals surface area contributed by atoms with Crippen molar-refractivity contribution in [1.29, 1.82) is 0 Å². The average molecular weight is 444 g/mol. The van der Waals surface area contributed by atoms with Crippen LogP contribution in [0.1, 0.15) is 42.9 Å². The summed E-state index contributed by atoms with van der Waals surface area (Å²) in [5.41, 5.74) is 9.98. The van der Waals surface area contributed by atoms with E-state index in [-0.39, 0.29) is 29.3 Å². The molecular weight excluding hydrogens is 417 g/mol. The Morgan fingerprint density at radius 3 is 2.65 bits per heavy atom. The minimum Gasteiger partial charge on any atom is -0.381 e. The number of hydrogen-bond donors (Lipinski definition) is 1. The van der Waals surface area contributed by atoms with Gasteiger partial charge in [0.1, 0.15) is 5.82 Å². The largest absolute Gasteiger partial charge is 0.381 e. The lowest BCUT2D eigenvalue weighted by Crippen LogP contribution is -2.37. The highest BCUT2D eigenvalue weighted by molar-refractivity contribution is 6.30. The van der Waals surface area contributed by atoms with Gasteiger partial charge in [0.2, 0.25) is 6.41 Å². The summed E-state index contributed by atoms with van der Waals surface area (Å²) in [6.07, 6.45) is 5.68. The molecule has 1 fully saturated rings. The number of fused-ring (bicyclic) bond motifs is 1. The molecule has 1 unspecified atom stereocenters. The fourth-order valence-corrected chi connectivity index (χ4v) is 5.27. The van der Waals surface area contributed by atoms with Gasteiger partial charge < -0.3 is 10.5 Å². The van der Waals surface area contributed by atoms with Crippen LogP contribution in [0.4, 0.5) is 4.39 Å². The van der Waals surface area contributed by atoms with Crippen molar-refractivity contribution in [2.75, 3.05) is 14.2 Å². The molecule has 0 aliphatic heterocycles. The third-order valence-corrected chi connectivity index (χ3v) is 7.02. The van der Waals surface area contributed by atoms with Crippen LogP contribution < -0.4 is 5.73 Å². The smallest absolute Gasteiger partial charge is 0.216 e. The number of ether oxygens (including phenoxy) is 1. The summed E-state index contributed by atoms with van der Waals surface area (Å²) in [5.74, 6) is -0.177. The lowest BCUT2D eigenvalue weighted by atomic mass is 9.68. The third kappa shape index (κ3) is 4.19. The van der Waals surface area contributed by atoms with Gasteiger partial charge in [0.15, 0.2) is 5.96 Å². The minimum atomic E-state index is -0.372. The molecular formula is C24H27ClFN3O2. The van der Waals surface area contributed by atoms with E-state index >= 15 is 0 Å². The van der Waals surface area contributed by atoms with Crippen LogP contribution in [0, 0.1) is 11.2 Å². The summed E-state index contributed by atoms with van der Waals surface area (Å²) in [6.45, 7) is 0. The van der Waals surface area contributed by atoms with Crippen molar-refractivity contribution < 1.29 is 13.9 Å². The zero-order chi connectivity index (χ0) is 22.2. The van der Waals surface area contributed by atoms with Gasteiger partial charge >= 0.3 is 0 Å². The Labute approximate surface area is 187 Å². The van der Waals surface area contributed by atoms with E-state index in [0.717, 1.165) is 48.8 Å². The topological polar surface area (TPSA) is 67.9 Å². The SMILES string of the molecule is COC1CCC2(CC1)Cc1ccc(-c3cc(F)cc(Cl)c3)cc1C2N=C(N)N(C)C=O. The van der Waals surface area contributed by atoms with E-state index in [9.17, 15) is 9.18 Å². The van der Waals surface area contributed by atoms with E-state index in [1.807, 2.05) is 6.07 Å². The zero-order valence-electron chi connectivity index (χ0n) is 17.8. The van der Waals surface area contributed by atoms with E-state index in [1.165, 1.54) is 22.6 Å². The summed E-state index contributed by atoms with van der Waals surface area (Å²) < 4.78 is 19.5. The molecule has 2 aliphatic rings. The van der Waals surface area contributed by atoms with Crippen molar-refractivity contribution in [2.45, 2.75) is 44.2 Å². The van der Waals surface area contributed by atoms with Gasteiger partial charge in [-0.1, -0.05) is 23.7 Å². The number of rotatable bonds is 4. The monoisotopic (exact) mass is 443 g/mol. The van der Waals surface area contributed by atoms with Gasteiger partial charge in [0.25, 0.3) is 0 Å². The first-order valence-corrected chi connectivity index (χ1v) is 10.9. The molecule has 1 amide bonds. The Hall–Kier alpha value is -2.44. The number of carbonyl (C=O) groups excluding carboxylic acids is 1. The quantitative estimate of drug-likeness (QED) is 0.422. The Kier molecular flexibility index (Phi) is 6.04. The highest BCUT2D eigenvalue weighted by Gasteiger charge is 2.48. The van der Waals surface area contributed by atoms with E-state index < -0.39 is 0 Å². The molecule has 164 valence electrons. The highest BCUT2D eigenvalue weighted by atomic mass is 35.5. The molecule has 1 saturated carbocycles. The van der Waals surface area contributed by atoms with Gasteiger partial charge in [-0.15, -0.1) is 0 Å². The maximum absolute atomic E-state index is 13.9. The van der Waals surface area contributed by atoms with Gasteiger partial charge in [-0.2, -0.15) is 0 Å². The van der Waals surface area contributed by atoms with Crippen molar-refractivity contribution in [3.05, 3.63) is 58.4 Å². The minimum absolute atomic E-state index is 0.0656. The molecule has 0 bridgehead atoms. The summed E-state index contributed by atoms with van der Waals surface area (Å²) in [7, 11) is 3.36. The van der Waals surface area contributed by atoms with Crippen LogP contribution in [0.2, 0.25) is 5.02 Å². The normalized spacial score (nSPS) is 25.5. The summed E-state index contributed by atoms with van der Waals surface area (Å²) in [6, 6.07) is 10.5. The number of methoxy groups -OCH3 is 1. The van der Waals surface area contributed by atoms with Crippen molar-refractivity contribution in [3.8, 4) is 11.1 Å². The molecule has 0 radical (unpaired) electrons. The van der Waals surface area contributed by atoms with Crippen LogP contribution in [0.25, 0.3) is 11.1 Å². The standard InChI is InChI=1S/C24H27ClFN3O2/c1-29(14-30)23(27)28-22-21-11-15(17-9-18(25)12-19(26)10-17)3-4-16(21)13-24(22)7-5-20(31-2)6-8-24/h3-4,9-12,14,20,22H,5-8,13H2,1-2H3,(H2,27,28). The lowest BCUT2D eigenvalue weighted by Gasteiger charge is -2.40. The molecule has 1 spiro atoms. The van der Waals surface area contributed by atoms with Crippen LogP contribution in [0.15, 0.2) is 41.4 Å². The van der Waals surface area contributed by atoms with Crippen molar-refractivity contribution in [3.63, 3.8) is 0 Å². The highest BCUT2D eigenvalue weighted by Crippen LogP contribution is 2.56. The zero-order valence-corrected chi connectivity index (χ0v) is 18.5. The molecule has 0 saturated heterocycles. The Balaban J connectivity index is 1.77. The number of carbonyl (C=O) groups is 1. The van der Waals surface area contributed by atoms with Crippen LogP contribution in [-0.4, -0.2) is 37.5 Å². The number of guanidine groups is 1. The second kappa shape index (κ2) is 8.60. The van der Waals surface area contributed by atoms with Crippen molar-refractivity contribution in [2.24, 2.45) is 16.1 Å². The van der Waals surface area contributed by atoms with Crippen LogP contribution in [0.5, 0.6) is 0 Å². The fraction of sp³-hybridized carbons (Fsp3) is 0.417. The molecule has 0 aromatic heterocycles. The Morgan fingerprint density at radius 1 is 1.26 bits per heavy atom. The second-order valence-corrected chi connectivity index (χ2v) is 9.09. The predicted octanol–water partition coefficient (Wildman–Crippen LogP) is 4.72. The molecule has 31 heavy (non-hydrogen) atoms. The Morgan fingerprint density at radius 2 is 2.00 bits per heavy atom. The van der Waals surface area contributed by atoms with Gasteiger partial charge in [-0.25, -0.2) is 9.38 Å². The van der Waals surface area contributed by atoms with Gasteiger partial charge in [0, 0.05) is 24.6 Å². The Bertz CT molecular complexity index is 998. The second-order valence-electron chi connectivity index (χ2n) is 8.65. The molecule has 2 aliphatic carbocycles. The van der Waals surface area contributed by atoms with Gasteiger partial charge in [-0.05, 0) is 78.6 Å². The molecule has 2 aromatic carbocycles. The maximum atomic E-state index is 13.9. The molecule has 1 atom stereocenters. The third-order valence-electron chi connectivity index (χ3n) is 6.80. The van der Waals surface area contributed by atoms with E-state index in [4.69, 9.17) is 27.1 Å². The van der Waals surface area contributed by atoms with Gasteiger partial charge in [-0.3, -0.25) is 9.69 Å². The number of nitrogens with two attached hydrogens (primary N) is 1. The van der Waals surface area contributed by atoms with Crippen molar-refractivity contribution >= 4 is 24.0 Å². The van der Waals surface area contributed by atoms with Crippen LogP contribution in [-0.2, 0) is 16.0 Å². The van der Waals surface area contributed by atoms with Gasteiger partial charge in [0.05, 0.1) is 12.1 Å². The van der Waals surface area contributed by atoms with E-state index in [2.05, 4.69) is 12.1 Å². The summed E-state index contributed by atoms with van der Waals surface area (Å²) in [4.78, 5) is 17.3. The van der Waals surface area contributed by atoms with Crippen molar-refractivity contribution in [1.82, 2.24) is 4.90 Å². The number of nitrogens with zero attached hydrogens (tertiary/aromatic N) is 2. The summed E-state index contributed by atoms with van der Waals surface area (Å²) >= 11 is 6.08. The average Bonchev–Trinajstić information content (AvgIpc) is 3.05. The molecule has 5 nitrogen and oxygen atoms in total. The van der Waals surface area contributed by atoms with E-state index in [1.54, 1.807) is 20.2 Å². The maximum Gasteiger partial charge on any atom is 0.216 e. The number of hydrogen-bond acceptors (Lipinski definition) is 3. The first-order valence-electron chi connectivity index (χ1n) is 10.5. The van der Waals surface area contributed by atoms with Crippen LogP contribution in [0.3, 0.4) is 0 Å². The van der Waals surface area contributed by atoms with E-state index in [0.29, 0.717) is 11.4 Å². The molecule has 0 heterocycles. The first-order chi connectivity index (χ1) is 14.8. The predicted molar refractivity (Wildman–Crippen MR) is 120 cm³/mol. The molecule has 4 rings (SSSR count). The molecule has 7 heteroatoms. The fourth-order valence-electron chi connectivity index (χ4n) is 5.05. The number of amides is 1. The number of aliphatic imine (C=N–C) groups is 1. The van der Waals surface area contributed by atoms with Crippen LogP contribution >= 0.6 is 11.6 Å². The molecule has 2 N–H and O–H groups in total. The number of benzene rings is 2. The lowest BCUT2D eigenvalue weighted by molar-refractivity contribution is -0.114. The number of halogens is 2. The molecule has 2 aromatic rings.